The zero-order valence-corrected chi connectivity index (χ0v) is 11.0. The van der Waals surface area contributed by atoms with Gasteiger partial charge >= 0.3 is 12.0 Å². The Morgan fingerprint density at radius 3 is 2.57 bits per heavy atom. The van der Waals surface area contributed by atoms with Crippen molar-refractivity contribution >= 4 is 12.0 Å². The molecule has 0 unspecified atom stereocenters. The quantitative estimate of drug-likeness (QED) is 0.740. The topological polar surface area (TPSA) is 117 Å². The van der Waals surface area contributed by atoms with Gasteiger partial charge in [-0.3, -0.25) is 0 Å². The highest BCUT2D eigenvalue weighted by Crippen LogP contribution is 2.00. The van der Waals surface area contributed by atoms with Gasteiger partial charge in [0.1, 0.15) is 5.69 Å². The number of hydrogen-bond acceptors (Lipinski definition) is 5. The van der Waals surface area contributed by atoms with Gasteiger partial charge in [0.05, 0.1) is 12.2 Å². The average molecular weight is 287 g/mol. The third kappa shape index (κ3) is 4.53. The van der Waals surface area contributed by atoms with E-state index in [1.807, 2.05) is 0 Å². The molecule has 108 valence electrons. The molecule has 0 saturated heterocycles. The van der Waals surface area contributed by atoms with Gasteiger partial charge in [0.2, 0.25) is 0 Å². The number of carboxylic acids is 1. The minimum absolute atomic E-state index is 0.0362. The average Bonchev–Trinajstić information content (AvgIpc) is 2.52. The molecule has 0 aliphatic heterocycles. The number of amides is 2. The molecule has 8 heteroatoms. The highest BCUT2D eigenvalue weighted by molar-refractivity contribution is 5.85. The van der Waals surface area contributed by atoms with Crippen molar-refractivity contribution in [3.05, 3.63) is 53.6 Å². The molecule has 0 atom stereocenters. The van der Waals surface area contributed by atoms with Crippen molar-refractivity contribution in [3.63, 3.8) is 0 Å². The van der Waals surface area contributed by atoms with Crippen molar-refractivity contribution in [2.75, 3.05) is 0 Å². The van der Waals surface area contributed by atoms with E-state index in [2.05, 4.69) is 25.8 Å². The lowest BCUT2D eigenvalue weighted by molar-refractivity contribution is 0.0690. The molecule has 0 radical (unpaired) electrons. The molecule has 0 fully saturated rings. The lowest BCUT2D eigenvalue weighted by atomic mass is 10.2. The molecule has 0 aromatic carbocycles. The summed E-state index contributed by atoms with van der Waals surface area (Å²) in [6.45, 7) is 0.523. The molecule has 2 amide bonds. The van der Waals surface area contributed by atoms with Crippen LogP contribution in [-0.2, 0) is 13.1 Å². The number of carbonyl (C=O) groups excluding carboxylic acids is 1. The van der Waals surface area contributed by atoms with Crippen molar-refractivity contribution in [1.82, 2.24) is 25.8 Å². The fraction of sp³-hybridized carbons (Fsp3) is 0.154. The SMILES string of the molecule is O=C(NCc1ccc(C(=O)O)nc1)NCc1cccnn1. The van der Waals surface area contributed by atoms with E-state index in [4.69, 9.17) is 5.11 Å². The summed E-state index contributed by atoms with van der Waals surface area (Å²) in [6.07, 6.45) is 2.96. The lowest BCUT2D eigenvalue weighted by Crippen LogP contribution is -2.34. The second kappa shape index (κ2) is 6.94. The normalized spacial score (nSPS) is 9.90. The van der Waals surface area contributed by atoms with Crippen molar-refractivity contribution < 1.29 is 14.7 Å². The fourth-order valence-electron chi connectivity index (χ4n) is 1.50. The second-order valence-corrected chi connectivity index (χ2v) is 4.11. The van der Waals surface area contributed by atoms with E-state index >= 15 is 0 Å². The minimum atomic E-state index is -1.09. The maximum absolute atomic E-state index is 11.6. The van der Waals surface area contributed by atoms with Crippen molar-refractivity contribution in [2.24, 2.45) is 0 Å². The van der Waals surface area contributed by atoms with Gasteiger partial charge in [-0.1, -0.05) is 6.07 Å². The zero-order valence-electron chi connectivity index (χ0n) is 11.0. The number of carboxylic acid groups (broad SMARTS) is 1. The van der Waals surface area contributed by atoms with Crippen molar-refractivity contribution in [2.45, 2.75) is 13.1 Å². The summed E-state index contributed by atoms with van der Waals surface area (Å²) < 4.78 is 0. The molecule has 2 aromatic heterocycles. The molecule has 0 bridgehead atoms. The molecule has 3 N–H and O–H groups in total. The third-order valence-corrected chi connectivity index (χ3v) is 2.55. The predicted octanol–water partition coefficient (Wildman–Crippen LogP) is 0.569. The van der Waals surface area contributed by atoms with Gasteiger partial charge in [-0.2, -0.15) is 10.2 Å². The van der Waals surface area contributed by atoms with Gasteiger partial charge in [0, 0.05) is 18.9 Å². The van der Waals surface area contributed by atoms with Crippen molar-refractivity contribution in [1.29, 1.82) is 0 Å². The van der Waals surface area contributed by atoms with E-state index in [1.54, 1.807) is 24.4 Å². The number of rotatable bonds is 5. The van der Waals surface area contributed by atoms with Crippen LogP contribution >= 0.6 is 0 Å². The molecule has 0 aliphatic rings. The highest BCUT2D eigenvalue weighted by atomic mass is 16.4. The van der Waals surface area contributed by atoms with Crippen LogP contribution < -0.4 is 10.6 Å². The van der Waals surface area contributed by atoms with E-state index in [0.717, 1.165) is 0 Å². The van der Waals surface area contributed by atoms with Gasteiger partial charge < -0.3 is 15.7 Å². The summed E-state index contributed by atoms with van der Waals surface area (Å²) in [7, 11) is 0. The molecule has 8 nitrogen and oxygen atoms in total. The van der Waals surface area contributed by atoms with Crippen LogP contribution in [0.25, 0.3) is 0 Å². The van der Waals surface area contributed by atoms with Crippen LogP contribution in [0.2, 0.25) is 0 Å². The highest BCUT2D eigenvalue weighted by Gasteiger charge is 2.05. The molecule has 0 spiro atoms. The van der Waals surface area contributed by atoms with Crippen LogP contribution in [0, 0.1) is 0 Å². The minimum Gasteiger partial charge on any atom is -0.477 e. The summed E-state index contributed by atoms with van der Waals surface area (Å²) in [6, 6.07) is 6.11. The first-order valence-corrected chi connectivity index (χ1v) is 6.11. The van der Waals surface area contributed by atoms with Crippen LogP contribution in [0.3, 0.4) is 0 Å². The Morgan fingerprint density at radius 2 is 1.95 bits per heavy atom. The number of nitrogens with one attached hydrogen (secondary N) is 2. The Kier molecular flexibility index (Phi) is 4.75. The fourth-order valence-corrected chi connectivity index (χ4v) is 1.50. The largest absolute Gasteiger partial charge is 0.477 e. The third-order valence-electron chi connectivity index (χ3n) is 2.55. The molecule has 2 rings (SSSR count). The first-order valence-electron chi connectivity index (χ1n) is 6.11. The standard InChI is InChI=1S/C13H13N5O3/c19-12(20)11-4-3-9(6-14-11)7-15-13(21)16-8-10-2-1-5-17-18-10/h1-6H,7-8H2,(H,19,20)(H2,15,16,21). The van der Waals surface area contributed by atoms with E-state index in [-0.39, 0.29) is 24.8 Å². The summed E-state index contributed by atoms with van der Waals surface area (Å²) in [4.78, 5) is 26.0. The molecule has 0 saturated carbocycles. The molecular weight excluding hydrogens is 274 g/mol. The van der Waals surface area contributed by atoms with Gasteiger partial charge in [0.15, 0.2) is 0 Å². The van der Waals surface area contributed by atoms with Crippen LogP contribution in [0.4, 0.5) is 4.79 Å². The predicted molar refractivity (Wildman–Crippen MR) is 72.3 cm³/mol. The van der Waals surface area contributed by atoms with Crippen LogP contribution in [0.1, 0.15) is 21.7 Å². The summed E-state index contributed by atoms with van der Waals surface area (Å²) >= 11 is 0. The number of carbonyl (C=O) groups is 2. The molecule has 2 aromatic rings. The molecule has 21 heavy (non-hydrogen) atoms. The number of aromatic carboxylic acids is 1. The number of aromatic nitrogens is 3. The molecular formula is C13H13N5O3. The first-order chi connectivity index (χ1) is 10.1. The number of nitrogens with zero attached hydrogens (tertiary/aromatic N) is 3. The number of hydrogen-bond donors (Lipinski definition) is 3. The van der Waals surface area contributed by atoms with Crippen molar-refractivity contribution in [3.8, 4) is 0 Å². The Labute approximate surface area is 120 Å². The number of urea groups is 1. The zero-order chi connectivity index (χ0) is 15.1. The summed E-state index contributed by atoms with van der Waals surface area (Å²) in [5.74, 6) is -1.09. The van der Waals surface area contributed by atoms with Gasteiger partial charge in [0.25, 0.3) is 0 Å². The summed E-state index contributed by atoms with van der Waals surface area (Å²) in [5, 5.41) is 21.5. The van der Waals surface area contributed by atoms with E-state index in [0.29, 0.717) is 11.3 Å². The second-order valence-electron chi connectivity index (χ2n) is 4.11. The molecule has 2 heterocycles. The molecule has 0 aliphatic carbocycles. The lowest BCUT2D eigenvalue weighted by Gasteiger charge is -2.07. The summed E-state index contributed by atoms with van der Waals surface area (Å²) in [5.41, 5.74) is 1.32. The monoisotopic (exact) mass is 287 g/mol. The Bertz CT molecular complexity index is 615. The van der Waals surface area contributed by atoms with Gasteiger partial charge in [-0.25, -0.2) is 14.6 Å². The van der Waals surface area contributed by atoms with Crippen LogP contribution in [0.15, 0.2) is 36.7 Å². The van der Waals surface area contributed by atoms with Crippen LogP contribution in [0.5, 0.6) is 0 Å². The smallest absolute Gasteiger partial charge is 0.354 e. The maximum atomic E-state index is 11.6. The Balaban J connectivity index is 1.77. The van der Waals surface area contributed by atoms with E-state index in [9.17, 15) is 9.59 Å². The Hall–Kier alpha value is -3.03. The van der Waals surface area contributed by atoms with E-state index in [1.165, 1.54) is 12.3 Å². The number of pyridine rings is 1. The van der Waals surface area contributed by atoms with E-state index < -0.39 is 5.97 Å². The first kappa shape index (κ1) is 14.4. The van der Waals surface area contributed by atoms with Gasteiger partial charge in [-0.15, -0.1) is 0 Å². The maximum Gasteiger partial charge on any atom is 0.354 e. The van der Waals surface area contributed by atoms with Crippen LogP contribution in [-0.4, -0.2) is 32.3 Å². The Morgan fingerprint density at radius 1 is 1.14 bits per heavy atom. The van der Waals surface area contributed by atoms with Gasteiger partial charge in [-0.05, 0) is 23.8 Å².